The van der Waals surface area contributed by atoms with Gasteiger partial charge in [0.1, 0.15) is 6.33 Å². The Morgan fingerprint density at radius 1 is 1.69 bits per heavy atom. The lowest BCUT2D eigenvalue weighted by Crippen LogP contribution is -2.21. The van der Waals surface area contributed by atoms with E-state index in [4.69, 9.17) is 12.2 Å². The van der Waals surface area contributed by atoms with E-state index in [-0.39, 0.29) is 0 Å². The number of imidazole rings is 1. The van der Waals surface area contributed by atoms with Crippen LogP contribution in [0.15, 0.2) is 36.1 Å². The third-order valence-corrected chi connectivity index (χ3v) is 1.58. The fraction of sp³-hybridized carbons (Fsp3) is 0.125. The Bertz CT molecular complexity index is 313. The zero-order valence-corrected chi connectivity index (χ0v) is 8.03. The molecule has 0 saturated heterocycles. The lowest BCUT2D eigenvalue weighted by atomic mass is 10.8. The summed E-state index contributed by atoms with van der Waals surface area (Å²) in [5.41, 5.74) is 0. The maximum Gasteiger partial charge on any atom is 0.182 e. The second kappa shape index (κ2) is 5.21. The molecule has 1 rings (SSSR count). The third kappa shape index (κ3) is 3.16. The molecule has 0 aliphatic carbocycles. The molecule has 0 saturated carbocycles. The molecule has 68 valence electrons. The third-order valence-electron chi connectivity index (χ3n) is 1.26. The number of nitrogens with one attached hydrogen (secondary N) is 1. The van der Waals surface area contributed by atoms with Crippen molar-refractivity contribution in [3.05, 3.63) is 31.1 Å². The fourth-order valence-electron chi connectivity index (χ4n) is 0.691. The molecule has 1 N–H and O–H groups in total. The Morgan fingerprint density at radius 3 is 3.15 bits per heavy atom. The van der Waals surface area contributed by atoms with Crippen molar-refractivity contribution in [2.75, 3.05) is 0 Å². The average Bonchev–Trinajstić information content (AvgIpc) is 2.65. The highest BCUT2D eigenvalue weighted by Gasteiger charge is 1.92. The van der Waals surface area contributed by atoms with Gasteiger partial charge in [-0.3, -0.25) is 9.56 Å². The van der Waals surface area contributed by atoms with Crippen molar-refractivity contribution >= 4 is 23.5 Å². The number of hydrogen-bond donors (Lipinski definition) is 1. The highest BCUT2D eigenvalue weighted by Crippen LogP contribution is 1.85. The molecule has 5 heteroatoms. The normalized spacial score (nSPS) is 11.2. The maximum absolute atomic E-state index is 5.03. The number of aromatic nitrogens is 2. The van der Waals surface area contributed by atoms with E-state index in [1.165, 1.54) is 0 Å². The Morgan fingerprint density at radius 2 is 2.54 bits per heavy atom. The van der Waals surface area contributed by atoms with Crippen molar-refractivity contribution < 1.29 is 0 Å². The SMILES string of the molecule is CC=N/C=C\NC(=S)n1ccnc1. The van der Waals surface area contributed by atoms with Gasteiger partial charge < -0.3 is 5.32 Å². The zero-order valence-electron chi connectivity index (χ0n) is 7.21. The first kappa shape index (κ1) is 9.60. The average molecular weight is 194 g/mol. The lowest BCUT2D eigenvalue weighted by molar-refractivity contribution is 1.07. The van der Waals surface area contributed by atoms with Gasteiger partial charge in [-0.2, -0.15) is 0 Å². The molecule has 0 spiro atoms. The molecule has 0 aliphatic rings. The van der Waals surface area contributed by atoms with Crippen molar-refractivity contribution in [1.29, 1.82) is 0 Å². The van der Waals surface area contributed by atoms with Gasteiger partial charge in [0.15, 0.2) is 5.11 Å². The second-order valence-electron chi connectivity index (χ2n) is 2.14. The molecule has 0 unspecified atom stereocenters. The standard InChI is InChI=1S/C8H10N4S/c1-2-9-3-4-11-8(13)12-6-5-10-7-12/h2-7H,1H3,(H,11,13)/b4-3-,9-2?. The lowest BCUT2D eigenvalue weighted by Gasteiger charge is -2.01. The predicted octanol–water partition coefficient (Wildman–Crippen LogP) is 1.17. The van der Waals surface area contributed by atoms with E-state index in [1.807, 2.05) is 6.92 Å². The van der Waals surface area contributed by atoms with Gasteiger partial charge in [0.2, 0.25) is 0 Å². The van der Waals surface area contributed by atoms with Crippen molar-refractivity contribution in [2.24, 2.45) is 4.99 Å². The maximum atomic E-state index is 5.03. The molecule has 0 bridgehead atoms. The smallest absolute Gasteiger partial charge is 0.182 e. The van der Waals surface area contributed by atoms with Gasteiger partial charge in [0.25, 0.3) is 0 Å². The minimum absolute atomic E-state index is 0.569. The highest BCUT2D eigenvalue weighted by atomic mass is 32.1. The molecule has 0 aromatic carbocycles. The summed E-state index contributed by atoms with van der Waals surface area (Å²) in [4.78, 5) is 7.74. The number of thiocarbonyl (C=S) groups is 1. The van der Waals surface area contributed by atoms with E-state index in [9.17, 15) is 0 Å². The number of hydrogen-bond acceptors (Lipinski definition) is 3. The quantitative estimate of drug-likeness (QED) is 0.567. The summed E-state index contributed by atoms with van der Waals surface area (Å²) in [6.07, 6.45) is 10.1. The van der Waals surface area contributed by atoms with Gasteiger partial charge in [-0.15, -0.1) is 0 Å². The molecule has 1 heterocycles. The molecule has 0 fully saturated rings. The van der Waals surface area contributed by atoms with Crippen LogP contribution in [0.1, 0.15) is 6.92 Å². The van der Waals surface area contributed by atoms with Crippen LogP contribution in [0.4, 0.5) is 0 Å². The molecule has 13 heavy (non-hydrogen) atoms. The van der Waals surface area contributed by atoms with Crippen LogP contribution in [0, 0.1) is 0 Å². The van der Waals surface area contributed by atoms with Crippen LogP contribution in [0.3, 0.4) is 0 Å². The molecule has 0 radical (unpaired) electrons. The molecule has 1 aromatic heterocycles. The van der Waals surface area contributed by atoms with E-state index in [0.717, 1.165) is 0 Å². The van der Waals surface area contributed by atoms with Gasteiger partial charge in [-0.25, -0.2) is 4.98 Å². The van der Waals surface area contributed by atoms with Crippen LogP contribution in [0.5, 0.6) is 0 Å². The van der Waals surface area contributed by atoms with E-state index < -0.39 is 0 Å². The molecular weight excluding hydrogens is 184 g/mol. The monoisotopic (exact) mass is 194 g/mol. The summed E-state index contributed by atoms with van der Waals surface area (Å²) in [5, 5.41) is 3.45. The molecule has 0 amide bonds. The Kier molecular flexibility index (Phi) is 3.84. The number of aliphatic imine (C=N–C) groups is 1. The molecule has 4 nitrogen and oxygen atoms in total. The van der Waals surface area contributed by atoms with Gasteiger partial charge >= 0.3 is 0 Å². The van der Waals surface area contributed by atoms with E-state index in [2.05, 4.69) is 15.3 Å². The first-order chi connectivity index (χ1) is 6.34. The number of nitrogens with zero attached hydrogens (tertiary/aromatic N) is 3. The summed E-state index contributed by atoms with van der Waals surface area (Å²) < 4.78 is 1.70. The van der Waals surface area contributed by atoms with Crippen LogP contribution in [0.25, 0.3) is 0 Å². The van der Waals surface area contributed by atoms with Gasteiger partial charge in [0.05, 0.1) is 0 Å². The van der Waals surface area contributed by atoms with Gasteiger partial charge in [-0.1, -0.05) is 0 Å². The Labute approximate surface area is 82.0 Å². The summed E-state index contributed by atoms with van der Waals surface area (Å²) in [7, 11) is 0. The number of rotatable bonds is 2. The Balaban J connectivity index is 2.43. The summed E-state index contributed by atoms with van der Waals surface area (Å²) in [6, 6.07) is 0. The second-order valence-corrected chi connectivity index (χ2v) is 2.53. The van der Waals surface area contributed by atoms with Crippen LogP contribution < -0.4 is 5.32 Å². The minimum Gasteiger partial charge on any atom is -0.337 e. The first-order valence-electron chi connectivity index (χ1n) is 3.76. The van der Waals surface area contributed by atoms with Crippen molar-refractivity contribution in [3.63, 3.8) is 0 Å². The van der Waals surface area contributed by atoms with Gasteiger partial charge in [-0.05, 0) is 19.1 Å². The Hall–Kier alpha value is -1.49. The summed E-state index contributed by atoms with van der Waals surface area (Å²) in [5.74, 6) is 0. The van der Waals surface area contributed by atoms with Crippen LogP contribution >= 0.6 is 12.2 Å². The van der Waals surface area contributed by atoms with Crippen LogP contribution in [-0.2, 0) is 0 Å². The van der Waals surface area contributed by atoms with Gasteiger partial charge in [0, 0.05) is 31.0 Å². The van der Waals surface area contributed by atoms with Crippen molar-refractivity contribution in [3.8, 4) is 0 Å². The molecule has 0 atom stereocenters. The largest absolute Gasteiger partial charge is 0.337 e. The fourth-order valence-corrected chi connectivity index (χ4v) is 0.867. The van der Waals surface area contributed by atoms with Crippen molar-refractivity contribution in [1.82, 2.24) is 14.9 Å². The minimum atomic E-state index is 0.569. The summed E-state index contributed by atoms with van der Waals surface area (Å²) in [6.45, 7) is 1.85. The highest BCUT2D eigenvalue weighted by molar-refractivity contribution is 7.80. The van der Waals surface area contributed by atoms with E-state index in [1.54, 1.807) is 41.9 Å². The zero-order chi connectivity index (χ0) is 9.52. The van der Waals surface area contributed by atoms with E-state index >= 15 is 0 Å². The molecular formula is C8H10N4S. The van der Waals surface area contributed by atoms with Crippen LogP contribution in [-0.4, -0.2) is 20.9 Å². The first-order valence-corrected chi connectivity index (χ1v) is 4.17. The van der Waals surface area contributed by atoms with E-state index in [0.29, 0.717) is 5.11 Å². The predicted molar refractivity (Wildman–Crippen MR) is 56.7 cm³/mol. The van der Waals surface area contributed by atoms with Crippen LogP contribution in [0.2, 0.25) is 0 Å². The summed E-state index contributed by atoms with van der Waals surface area (Å²) >= 11 is 5.03. The van der Waals surface area contributed by atoms with Crippen molar-refractivity contribution in [2.45, 2.75) is 6.92 Å². The molecule has 1 aromatic rings. The topological polar surface area (TPSA) is 42.2 Å². The molecule has 0 aliphatic heterocycles.